The Morgan fingerprint density at radius 2 is 1.93 bits per heavy atom. The number of hydrogen-bond donors (Lipinski definition) is 0. The predicted octanol–water partition coefficient (Wildman–Crippen LogP) is 3.03. The number of hydrogen-bond acceptors (Lipinski definition) is 6. The number of fused-ring (bicyclic) bond motifs is 1. The van der Waals surface area contributed by atoms with Crippen molar-refractivity contribution >= 4 is 0 Å². The first-order valence-electron chi connectivity index (χ1n) is 10.8. The average Bonchev–Trinajstić information content (AvgIpc) is 3.59. The van der Waals surface area contributed by atoms with Crippen LogP contribution in [-0.2, 0) is 19.5 Å². The summed E-state index contributed by atoms with van der Waals surface area (Å²) < 4.78 is 7.92. The standard InChI is InChI=1S/C20H28N6O/c1-2-4-16-22-23-19(26(16)9-3-1)15-12-20(15)7-10-25(11-8-20)13-17-21-18(24-27-17)14-5-6-14/h14-15H,1-13H2/t15-/m0/s1. The predicted molar refractivity (Wildman–Crippen MR) is 98.2 cm³/mol. The third-order valence-corrected chi connectivity index (χ3v) is 7.28. The SMILES string of the molecule is C1CCc2nnc([C@@H]3CC34CCN(Cc3nc(C5CC5)no3)CC4)n2CC1. The van der Waals surface area contributed by atoms with Crippen molar-refractivity contribution in [3.05, 3.63) is 23.4 Å². The Kier molecular flexibility index (Phi) is 3.68. The van der Waals surface area contributed by atoms with Crippen LogP contribution in [0.2, 0.25) is 0 Å². The van der Waals surface area contributed by atoms with Crippen LogP contribution in [0.3, 0.4) is 0 Å². The van der Waals surface area contributed by atoms with Gasteiger partial charge >= 0.3 is 0 Å². The zero-order valence-corrected chi connectivity index (χ0v) is 15.9. The summed E-state index contributed by atoms with van der Waals surface area (Å²) in [5.74, 6) is 5.42. The normalized spacial score (nSPS) is 27.5. The van der Waals surface area contributed by atoms with Gasteiger partial charge in [0.25, 0.3) is 0 Å². The van der Waals surface area contributed by atoms with Gasteiger partial charge in [0.05, 0.1) is 6.54 Å². The van der Waals surface area contributed by atoms with E-state index in [1.54, 1.807) is 0 Å². The summed E-state index contributed by atoms with van der Waals surface area (Å²) in [7, 11) is 0. The van der Waals surface area contributed by atoms with E-state index in [0.717, 1.165) is 44.3 Å². The number of aryl methyl sites for hydroxylation is 1. The largest absolute Gasteiger partial charge is 0.338 e. The molecule has 2 aromatic rings. The first kappa shape index (κ1) is 16.2. The lowest BCUT2D eigenvalue weighted by Crippen LogP contribution is -2.34. The van der Waals surface area contributed by atoms with Crippen LogP contribution in [0.15, 0.2) is 4.52 Å². The summed E-state index contributed by atoms with van der Waals surface area (Å²) in [5, 5.41) is 13.3. The van der Waals surface area contributed by atoms with Gasteiger partial charge in [-0.2, -0.15) is 4.98 Å². The van der Waals surface area contributed by atoms with Crippen LogP contribution in [-0.4, -0.2) is 42.9 Å². The summed E-state index contributed by atoms with van der Waals surface area (Å²) in [5.41, 5.74) is 0.473. The van der Waals surface area contributed by atoms with Crippen molar-refractivity contribution in [2.45, 2.75) is 82.7 Å². The minimum Gasteiger partial charge on any atom is -0.338 e. The van der Waals surface area contributed by atoms with E-state index >= 15 is 0 Å². The average molecular weight is 368 g/mol. The van der Waals surface area contributed by atoms with Gasteiger partial charge in [0, 0.05) is 24.8 Å². The van der Waals surface area contributed by atoms with Crippen molar-refractivity contribution in [3.63, 3.8) is 0 Å². The van der Waals surface area contributed by atoms with Crippen LogP contribution >= 0.6 is 0 Å². The highest BCUT2D eigenvalue weighted by atomic mass is 16.5. The molecule has 2 aliphatic carbocycles. The maximum Gasteiger partial charge on any atom is 0.240 e. The molecule has 1 atom stereocenters. The highest BCUT2D eigenvalue weighted by Crippen LogP contribution is 2.64. The van der Waals surface area contributed by atoms with Crippen LogP contribution < -0.4 is 0 Å². The van der Waals surface area contributed by atoms with E-state index in [9.17, 15) is 0 Å². The second-order valence-electron chi connectivity index (χ2n) is 9.15. The van der Waals surface area contributed by atoms with Gasteiger partial charge in [-0.25, -0.2) is 0 Å². The number of rotatable bonds is 4. The zero-order valence-electron chi connectivity index (χ0n) is 15.9. The summed E-state index contributed by atoms with van der Waals surface area (Å²) in [6.07, 6.45) is 11.2. The highest BCUT2D eigenvalue weighted by Gasteiger charge is 2.57. The first-order chi connectivity index (χ1) is 13.3. The van der Waals surface area contributed by atoms with Gasteiger partial charge in [-0.05, 0) is 63.5 Å². The second-order valence-corrected chi connectivity index (χ2v) is 9.15. The van der Waals surface area contributed by atoms with Crippen molar-refractivity contribution < 1.29 is 4.52 Å². The fraction of sp³-hybridized carbons (Fsp3) is 0.800. The number of nitrogens with zero attached hydrogens (tertiary/aromatic N) is 6. The smallest absolute Gasteiger partial charge is 0.240 e. The fourth-order valence-electron chi connectivity index (χ4n) is 5.22. The number of aromatic nitrogens is 5. The van der Waals surface area contributed by atoms with Crippen LogP contribution in [0.1, 0.15) is 86.6 Å². The van der Waals surface area contributed by atoms with Crippen LogP contribution in [0.5, 0.6) is 0 Å². The molecule has 4 heterocycles. The van der Waals surface area contributed by atoms with Crippen molar-refractivity contribution in [1.29, 1.82) is 0 Å². The molecule has 2 aliphatic heterocycles. The molecule has 0 N–H and O–H groups in total. The van der Waals surface area contributed by atoms with E-state index in [4.69, 9.17) is 4.52 Å². The van der Waals surface area contributed by atoms with Crippen molar-refractivity contribution in [3.8, 4) is 0 Å². The summed E-state index contributed by atoms with van der Waals surface area (Å²) >= 11 is 0. The molecule has 0 amide bonds. The topological polar surface area (TPSA) is 72.9 Å². The van der Waals surface area contributed by atoms with Gasteiger partial charge in [-0.15, -0.1) is 10.2 Å². The molecule has 144 valence electrons. The molecule has 1 spiro atoms. The molecule has 0 bridgehead atoms. The molecule has 1 saturated heterocycles. The maximum atomic E-state index is 5.47. The molecular weight excluding hydrogens is 340 g/mol. The van der Waals surface area contributed by atoms with Crippen LogP contribution in [0.4, 0.5) is 0 Å². The quantitative estimate of drug-likeness (QED) is 0.826. The molecular formula is C20H28N6O. The van der Waals surface area contributed by atoms with Gasteiger partial charge in [-0.3, -0.25) is 4.90 Å². The molecule has 2 aromatic heterocycles. The lowest BCUT2D eigenvalue weighted by molar-refractivity contribution is 0.145. The Balaban J connectivity index is 1.09. The van der Waals surface area contributed by atoms with Gasteiger partial charge in [-0.1, -0.05) is 11.6 Å². The minimum atomic E-state index is 0.473. The molecule has 0 aromatic carbocycles. The monoisotopic (exact) mass is 368 g/mol. The van der Waals surface area contributed by atoms with E-state index < -0.39 is 0 Å². The Bertz CT molecular complexity index is 829. The van der Waals surface area contributed by atoms with E-state index in [1.807, 2.05) is 0 Å². The van der Waals surface area contributed by atoms with Gasteiger partial charge in [0.1, 0.15) is 11.6 Å². The van der Waals surface area contributed by atoms with Gasteiger partial charge < -0.3 is 9.09 Å². The molecule has 0 radical (unpaired) electrons. The molecule has 7 heteroatoms. The summed E-state index contributed by atoms with van der Waals surface area (Å²) in [4.78, 5) is 7.07. The maximum absolute atomic E-state index is 5.47. The third kappa shape index (κ3) is 2.91. The van der Waals surface area contributed by atoms with E-state index in [1.165, 1.54) is 63.0 Å². The third-order valence-electron chi connectivity index (χ3n) is 7.28. The molecule has 6 rings (SSSR count). The van der Waals surface area contributed by atoms with E-state index in [0.29, 0.717) is 17.3 Å². The Morgan fingerprint density at radius 3 is 2.78 bits per heavy atom. The molecule has 27 heavy (non-hydrogen) atoms. The first-order valence-corrected chi connectivity index (χ1v) is 10.8. The van der Waals surface area contributed by atoms with Crippen molar-refractivity contribution in [2.75, 3.05) is 13.1 Å². The Labute approximate surface area is 159 Å². The lowest BCUT2D eigenvalue weighted by Gasteiger charge is -2.31. The van der Waals surface area contributed by atoms with E-state index in [-0.39, 0.29) is 0 Å². The number of likely N-dealkylation sites (tertiary alicyclic amines) is 1. The van der Waals surface area contributed by atoms with Crippen LogP contribution in [0.25, 0.3) is 0 Å². The molecule has 7 nitrogen and oxygen atoms in total. The van der Waals surface area contributed by atoms with Crippen molar-refractivity contribution in [1.82, 2.24) is 29.8 Å². The molecule has 4 aliphatic rings. The highest BCUT2D eigenvalue weighted by molar-refractivity contribution is 5.21. The Hall–Kier alpha value is -1.76. The van der Waals surface area contributed by atoms with Crippen molar-refractivity contribution in [2.24, 2.45) is 5.41 Å². The van der Waals surface area contributed by atoms with Gasteiger partial charge in [0.15, 0.2) is 5.82 Å². The molecule has 2 saturated carbocycles. The van der Waals surface area contributed by atoms with Gasteiger partial charge in [0.2, 0.25) is 5.89 Å². The Morgan fingerprint density at radius 1 is 1.04 bits per heavy atom. The molecule has 3 fully saturated rings. The van der Waals surface area contributed by atoms with E-state index in [2.05, 4.69) is 29.8 Å². The zero-order chi connectivity index (χ0) is 17.8. The lowest BCUT2D eigenvalue weighted by atomic mass is 9.90. The molecule has 0 unspecified atom stereocenters. The summed E-state index contributed by atoms with van der Waals surface area (Å²) in [6.45, 7) is 4.18. The van der Waals surface area contributed by atoms with Crippen LogP contribution in [0, 0.1) is 5.41 Å². The number of piperidine rings is 1. The second kappa shape index (κ2) is 6.12. The summed E-state index contributed by atoms with van der Waals surface area (Å²) in [6, 6.07) is 0. The fourth-order valence-corrected chi connectivity index (χ4v) is 5.22. The minimum absolute atomic E-state index is 0.473.